The van der Waals surface area contributed by atoms with E-state index in [1.165, 1.54) is 5.56 Å². The van der Waals surface area contributed by atoms with Crippen molar-refractivity contribution in [3.05, 3.63) is 29.8 Å². The molecule has 0 unspecified atom stereocenters. The zero-order valence-electron chi connectivity index (χ0n) is 8.75. The lowest BCUT2D eigenvalue weighted by Crippen LogP contribution is -2.33. The number of nitrogens with two attached hydrogens (primary N) is 1. The molecule has 0 saturated heterocycles. The van der Waals surface area contributed by atoms with Gasteiger partial charge in [0.05, 0.1) is 6.54 Å². The van der Waals surface area contributed by atoms with Crippen molar-refractivity contribution in [3.63, 3.8) is 0 Å². The third kappa shape index (κ3) is 2.76. The fourth-order valence-corrected chi connectivity index (χ4v) is 1.42. The molecule has 0 fully saturated rings. The van der Waals surface area contributed by atoms with Gasteiger partial charge in [-0.2, -0.15) is 0 Å². The molecular formula is C11H17N3. The summed E-state index contributed by atoms with van der Waals surface area (Å²) in [6.07, 6.45) is 0. The SMILES string of the molecule is CCN(CC(=N)N)c1cccc(C)c1. The largest absolute Gasteiger partial charge is 0.386 e. The Labute approximate surface area is 85.0 Å². The summed E-state index contributed by atoms with van der Waals surface area (Å²) >= 11 is 0. The van der Waals surface area contributed by atoms with Crippen molar-refractivity contribution >= 4 is 11.5 Å². The maximum absolute atomic E-state index is 7.27. The number of rotatable bonds is 4. The van der Waals surface area contributed by atoms with Gasteiger partial charge in [0.15, 0.2) is 0 Å². The van der Waals surface area contributed by atoms with Crippen LogP contribution in [0.1, 0.15) is 12.5 Å². The average molecular weight is 191 g/mol. The summed E-state index contributed by atoms with van der Waals surface area (Å²) in [6.45, 7) is 5.49. The fraction of sp³-hybridized carbons (Fsp3) is 0.364. The summed E-state index contributed by atoms with van der Waals surface area (Å²) in [5.74, 6) is 0.202. The molecule has 0 aliphatic rings. The lowest BCUT2D eigenvalue weighted by molar-refractivity contribution is 0.915. The zero-order valence-corrected chi connectivity index (χ0v) is 8.75. The Kier molecular flexibility index (Phi) is 3.51. The van der Waals surface area contributed by atoms with Crippen LogP contribution in [0, 0.1) is 12.3 Å². The van der Waals surface area contributed by atoms with E-state index in [2.05, 4.69) is 30.9 Å². The van der Waals surface area contributed by atoms with Gasteiger partial charge in [0.2, 0.25) is 0 Å². The number of likely N-dealkylation sites (N-methyl/N-ethyl adjacent to an activating group) is 1. The molecule has 76 valence electrons. The summed E-state index contributed by atoms with van der Waals surface area (Å²) in [7, 11) is 0. The van der Waals surface area contributed by atoms with E-state index in [0.717, 1.165) is 12.2 Å². The van der Waals surface area contributed by atoms with Gasteiger partial charge < -0.3 is 10.6 Å². The van der Waals surface area contributed by atoms with E-state index in [-0.39, 0.29) is 5.84 Å². The first-order valence-electron chi connectivity index (χ1n) is 4.78. The summed E-state index contributed by atoms with van der Waals surface area (Å²) in [5, 5.41) is 7.27. The molecule has 0 saturated carbocycles. The molecular weight excluding hydrogens is 174 g/mol. The number of hydrogen-bond acceptors (Lipinski definition) is 2. The number of hydrogen-bond donors (Lipinski definition) is 2. The number of nitrogens with zero attached hydrogens (tertiary/aromatic N) is 1. The van der Waals surface area contributed by atoms with Crippen molar-refractivity contribution in [1.82, 2.24) is 0 Å². The molecule has 1 aromatic carbocycles. The molecule has 1 aromatic rings. The molecule has 0 radical (unpaired) electrons. The van der Waals surface area contributed by atoms with Crippen molar-refractivity contribution < 1.29 is 0 Å². The molecule has 1 rings (SSSR count). The first-order valence-corrected chi connectivity index (χ1v) is 4.78. The van der Waals surface area contributed by atoms with E-state index in [1.54, 1.807) is 0 Å². The Balaban J connectivity index is 2.83. The molecule has 14 heavy (non-hydrogen) atoms. The molecule has 3 heteroatoms. The highest BCUT2D eigenvalue weighted by molar-refractivity contribution is 5.82. The maximum atomic E-state index is 7.27. The Morgan fingerprint density at radius 3 is 2.71 bits per heavy atom. The van der Waals surface area contributed by atoms with Crippen LogP contribution < -0.4 is 10.6 Å². The van der Waals surface area contributed by atoms with Crippen molar-refractivity contribution in [2.75, 3.05) is 18.0 Å². The van der Waals surface area contributed by atoms with E-state index in [4.69, 9.17) is 11.1 Å². The number of nitrogens with one attached hydrogen (secondary N) is 1. The lowest BCUT2D eigenvalue weighted by Gasteiger charge is -2.22. The Morgan fingerprint density at radius 1 is 1.50 bits per heavy atom. The standard InChI is InChI=1S/C11H17N3/c1-3-14(8-11(12)13)10-6-4-5-9(2)7-10/h4-7H,3,8H2,1-2H3,(H3,12,13). The molecule has 0 spiro atoms. The van der Waals surface area contributed by atoms with Crippen molar-refractivity contribution in [3.8, 4) is 0 Å². The lowest BCUT2D eigenvalue weighted by atomic mass is 10.2. The van der Waals surface area contributed by atoms with E-state index in [1.807, 2.05) is 12.1 Å². The monoisotopic (exact) mass is 191 g/mol. The molecule has 3 nitrogen and oxygen atoms in total. The first-order chi connectivity index (χ1) is 6.63. The van der Waals surface area contributed by atoms with Crippen LogP contribution in [0.5, 0.6) is 0 Å². The maximum Gasteiger partial charge on any atom is 0.110 e. The van der Waals surface area contributed by atoms with Crippen LogP contribution >= 0.6 is 0 Å². The predicted molar refractivity (Wildman–Crippen MR) is 61.0 cm³/mol. The van der Waals surface area contributed by atoms with Crippen molar-refractivity contribution in [1.29, 1.82) is 5.41 Å². The van der Waals surface area contributed by atoms with Gasteiger partial charge >= 0.3 is 0 Å². The number of anilines is 1. The number of aryl methyl sites for hydroxylation is 1. The van der Waals surface area contributed by atoms with Crippen LogP contribution in [0.3, 0.4) is 0 Å². The predicted octanol–water partition coefficient (Wildman–Crippen LogP) is 1.76. The highest BCUT2D eigenvalue weighted by Gasteiger charge is 2.04. The van der Waals surface area contributed by atoms with E-state index in [0.29, 0.717) is 6.54 Å². The van der Waals surface area contributed by atoms with Crippen LogP contribution in [0.15, 0.2) is 24.3 Å². The van der Waals surface area contributed by atoms with Crippen LogP contribution in [-0.4, -0.2) is 18.9 Å². The summed E-state index contributed by atoms with van der Waals surface area (Å²) < 4.78 is 0. The third-order valence-corrected chi connectivity index (χ3v) is 2.11. The van der Waals surface area contributed by atoms with Gasteiger partial charge in [0, 0.05) is 12.2 Å². The molecule has 0 heterocycles. The number of benzene rings is 1. The minimum atomic E-state index is 0.202. The van der Waals surface area contributed by atoms with E-state index < -0.39 is 0 Å². The van der Waals surface area contributed by atoms with E-state index in [9.17, 15) is 0 Å². The molecule has 0 bridgehead atoms. The molecule has 0 atom stereocenters. The molecule has 0 amide bonds. The average Bonchev–Trinajstić information content (AvgIpc) is 2.14. The van der Waals surface area contributed by atoms with Crippen LogP contribution in [0.4, 0.5) is 5.69 Å². The summed E-state index contributed by atoms with van der Waals surface area (Å²) in [4.78, 5) is 2.08. The normalized spacial score (nSPS) is 9.86. The van der Waals surface area contributed by atoms with Gasteiger partial charge in [0.25, 0.3) is 0 Å². The van der Waals surface area contributed by atoms with Gasteiger partial charge in [-0.3, -0.25) is 5.41 Å². The molecule has 0 aromatic heterocycles. The van der Waals surface area contributed by atoms with Gasteiger partial charge in [-0.15, -0.1) is 0 Å². The van der Waals surface area contributed by atoms with Crippen molar-refractivity contribution in [2.24, 2.45) is 5.73 Å². The Hall–Kier alpha value is -1.51. The van der Waals surface area contributed by atoms with Gasteiger partial charge in [-0.05, 0) is 31.5 Å². The smallest absolute Gasteiger partial charge is 0.110 e. The minimum absolute atomic E-state index is 0.202. The molecule has 3 N–H and O–H groups in total. The molecule has 0 aliphatic carbocycles. The second-order valence-corrected chi connectivity index (χ2v) is 3.38. The number of amidine groups is 1. The topological polar surface area (TPSA) is 53.1 Å². The second-order valence-electron chi connectivity index (χ2n) is 3.38. The summed E-state index contributed by atoms with van der Waals surface area (Å²) in [5.41, 5.74) is 7.74. The Bertz CT molecular complexity index is 320. The zero-order chi connectivity index (χ0) is 10.6. The van der Waals surface area contributed by atoms with Crippen LogP contribution in [0.25, 0.3) is 0 Å². The van der Waals surface area contributed by atoms with Gasteiger partial charge in [0.1, 0.15) is 5.84 Å². The Morgan fingerprint density at radius 2 is 2.21 bits per heavy atom. The minimum Gasteiger partial charge on any atom is -0.386 e. The third-order valence-electron chi connectivity index (χ3n) is 2.11. The summed E-state index contributed by atoms with van der Waals surface area (Å²) in [6, 6.07) is 8.23. The molecule has 0 aliphatic heterocycles. The van der Waals surface area contributed by atoms with Crippen LogP contribution in [-0.2, 0) is 0 Å². The fourth-order valence-electron chi connectivity index (χ4n) is 1.42. The van der Waals surface area contributed by atoms with Crippen molar-refractivity contribution in [2.45, 2.75) is 13.8 Å². The van der Waals surface area contributed by atoms with E-state index >= 15 is 0 Å². The highest BCUT2D eigenvalue weighted by Crippen LogP contribution is 2.14. The van der Waals surface area contributed by atoms with Gasteiger partial charge in [-0.1, -0.05) is 12.1 Å². The van der Waals surface area contributed by atoms with Gasteiger partial charge in [-0.25, -0.2) is 0 Å². The first kappa shape index (κ1) is 10.6. The highest BCUT2D eigenvalue weighted by atomic mass is 15.1. The van der Waals surface area contributed by atoms with Crippen LogP contribution in [0.2, 0.25) is 0 Å². The quantitative estimate of drug-likeness (QED) is 0.563. The second kappa shape index (κ2) is 4.65.